The number of halogens is 2. The fraction of sp³-hybridized carbons (Fsp3) is 0.133. The van der Waals surface area contributed by atoms with Crippen LogP contribution in [0.3, 0.4) is 0 Å². The van der Waals surface area contributed by atoms with E-state index in [4.69, 9.17) is 23.8 Å². The molecular weight excluding hydrogens is 295 g/mol. The predicted molar refractivity (Wildman–Crippen MR) is 82.9 cm³/mol. The molecule has 0 radical (unpaired) electrons. The SMILES string of the molecule is Cc1ccc(C)c(-n2c(=S)[nH]c3cc(F)c(Cl)cc32)c1. The summed E-state index contributed by atoms with van der Waals surface area (Å²) in [5.41, 5.74) is 4.61. The number of rotatable bonds is 1. The van der Waals surface area contributed by atoms with Crippen LogP contribution in [0, 0.1) is 24.4 Å². The third-order valence-corrected chi connectivity index (χ3v) is 3.90. The van der Waals surface area contributed by atoms with Crippen molar-refractivity contribution in [2.75, 3.05) is 0 Å². The van der Waals surface area contributed by atoms with Crippen LogP contribution in [0.5, 0.6) is 0 Å². The van der Waals surface area contributed by atoms with E-state index >= 15 is 0 Å². The van der Waals surface area contributed by atoms with E-state index in [1.165, 1.54) is 6.07 Å². The normalized spacial score (nSPS) is 11.2. The Morgan fingerprint density at radius 1 is 1.20 bits per heavy atom. The Morgan fingerprint density at radius 3 is 2.70 bits per heavy atom. The van der Waals surface area contributed by atoms with Gasteiger partial charge >= 0.3 is 0 Å². The van der Waals surface area contributed by atoms with Crippen LogP contribution in [-0.4, -0.2) is 9.55 Å². The summed E-state index contributed by atoms with van der Waals surface area (Å²) < 4.78 is 16.0. The molecule has 2 aromatic carbocycles. The molecule has 0 spiro atoms. The van der Waals surface area contributed by atoms with Gasteiger partial charge in [0.2, 0.25) is 0 Å². The molecule has 0 saturated heterocycles. The first kappa shape index (κ1) is 13.3. The molecular formula is C15H12ClFN2S. The van der Waals surface area contributed by atoms with Crippen molar-refractivity contribution in [3.8, 4) is 5.69 Å². The molecule has 2 nitrogen and oxygen atoms in total. The van der Waals surface area contributed by atoms with E-state index in [1.54, 1.807) is 6.07 Å². The van der Waals surface area contributed by atoms with Gasteiger partial charge in [-0.15, -0.1) is 0 Å². The summed E-state index contributed by atoms with van der Waals surface area (Å²) in [5, 5.41) is 0.0885. The first-order chi connectivity index (χ1) is 9.47. The van der Waals surface area contributed by atoms with Crippen molar-refractivity contribution in [3.05, 3.63) is 57.1 Å². The zero-order chi connectivity index (χ0) is 14.4. The lowest BCUT2D eigenvalue weighted by Crippen LogP contribution is -1.98. The third-order valence-electron chi connectivity index (χ3n) is 3.33. The van der Waals surface area contributed by atoms with Gasteiger partial charge in [-0.2, -0.15) is 0 Å². The van der Waals surface area contributed by atoms with Crippen molar-refractivity contribution < 1.29 is 4.39 Å². The maximum atomic E-state index is 13.5. The lowest BCUT2D eigenvalue weighted by atomic mass is 10.1. The van der Waals surface area contributed by atoms with Gasteiger partial charge in [0.15, 0.2) is 4.77 Å². The third kappa shape index (κ3) is 2.05. The van der Waals surface area contributed by atoms with Gasteiger partial charge in [0, 0.05) is 6.07 Å². The van der Waals surface area contributed by atoms with Gasteiger partial charge in [-0.05, 0) is 49.3 Å². The van der Waals surface area contributed by atoms with E-state index in [0.717, 1.165) is 22.3 Å². The molecule has 0 saturated carbocycles. The monoisotopic (exact) mass is 306 g/mol. The van der Waals surface area contributed by atoms with Crippen molar-refractivity contribution >= 4 is 34.9 Å². The lowest BCUT2D eigenvalue weighted by molar-refractivity contribution is 0.630. The predicted octanol–water partition coefficient (Wildman–Crippen LogP) is 5.10. The molecule has 0 aliphatic rings. The fourth-order valence-corrected chi connectivity index (χ4v) is 2.77. The molecule has 0 aliphatic heterocycles. The quantitative estimate of drug-likeness (QED) is 0.620. The number of benzene rings is 2. The Kier molecular flexibility index (Phi) is 3.15. The number of hydrogen-bond donors (Lipinski definition) is 1. The van der Waals surface area contributed by atoms with Crippen LogP contribution in [0.15, 0.2) is 30.3 Å². The zero-order valence-corrected chi connectivity index (χ0v) is 12.6. The Morgan fingerprint density at radius 2 is 1.95 bits per heavy atom. The van der Waals surface area contributed by atoms with E-state index in [1.807, 2.05) is 30.5 Å². The molecule has 20 heavy (non-hydrogen) atoms. The average molecular weight is 307 g/mol. The molecule has 5 heteroatoms. The number of H-pyrrole nitrogens is 1. The van der Waals surface area contributed by atoms with Gasteiger partial charge in [-0.3, -0.25) is 4.57 Å². The van der Waals surface area contributed by atoms with Crippen LogP contribution in [0.25, 0.3) is 16.7 Å². The van der Waals surface area contributed by atoms with Gasteiger partial charge in [-0.1, -0.05) is 23.7 Å². The summed E-state index contributed by atoms with van der Waals surface area (Å²) in [6, 6.07) is 9.10. The van der Waals surface area contributed by atoms with Crippen molar-refractivity contribution in [2.24, 2.45) is 0 Å². The van der Waals surface area contributed by atoms with Crippen LogP contribution in [0.4, 0.5) is 4.39 Å². The Bertz CT molecular complexity index is 879. The second-order valence-corrected chi connectivity index (χ2v) is 5.63. The van der Waals surface area contributed by atoms with E-state index in [-0.39, 0.29) is 5.02 Å². The van der Waals surface area contributed by atoms with E-state index in [9.17, 15) is 4.39 Å². The maximum Gasteiger partial charge on any atom is 0.182 e. The van der Waals surface area contributed by atoms with Gasteiger partial charge in [0.1, 0.15) is 5.82 Å². The van der Waals surface area contributed by atoms with Crippen molar-refractivity contribution in [3.63, 3.8) is 0 Å². The van der Waals surface area contributed by atoms with Gasteiger partial charge in [0.05, 0.1) is 21.7 Å². The molecule has 1 aromatic heterocycles. The van der Waals surface area contributed by atoms with Crippen LogP contribution in [-0.2, 0) is 0 Å². The smallest absolute Gasteiger partial charge is 0.182 e. The van der Waals surface area contributed by atoms with Crippen LogP contribution < -0.4 is 0 Å². The van der Waals surface area contributed by atoms with Crippen molar-refractivity contribution in [1.82, 2.24) is 9.55 Å². The highest BCUT2D eigenvalue weighted by Crippen LogP contribution is 2.27. The summed E-state index contributed by atoms with van der Waals surface area (Å²) in [6.07, 6.45) is 0. The van der Waals surface area contributed by atoms with Crippen LogP contribution >= 0.6 is 23.8 Å². The Balaban J connectivity index is 2.42. The molecule has 0 aliphatic carbocycles. The molecule has 0 bridgehead atoms. The van der Waals surface area contributed by atoms with Crippen LogP contribution in [0.1, 0.15) is 11.1 Å². The molecule has 0 fully saturated rings. The van der Waals surface area contributed by atoms with Gasteiger partial charge in [-0.25, -0.2) is 4.39 Å². The molecule has 3 rings (SSSR count). The molecule has 0 atom stereocenters. The minimum absolute atomic E-state index is 0.0885. The summed E-state index contributed by atoms with van der Waals surface area (Å²) in [6.45, 7) is 4.04. The molecule has 0 amide bonds. The largest absolute Gasteiger partial charge is 0.330 e. The molecule has 102 valence electrons. The van der Waals surface area contributed by atoms with Crippen molar-refractivity contribution in [1.29, 1.82) is 0 Å². The second-order valence-electron chi connectivity index (χ2n) is 4.84. The highest BCUT2D eigenvalue weighted by atomic mass is 35.5. The number of nitrogens with one attached hydrogen (secondary N) is 1. The molecule has 1 heterocycles. The minimum atomic E-state index is -0.455. The summed E-state index contributed by atoms with van der Waals surface area (Å²) in [5.74, 6) is -0.455. The highest BCUT2D eigenvalue weighted by molar-refractivity contribution is 7.71. The number of aromatic nitrogens is 2. The number of hydrogen-bond acceptors (Lipinski definition) is 1. The molecule has 3 aromatic rings. The summed E-state index contributed by atoms with van der Waals surface area (Å²) in [4.78, 5) is 3.02. The van der Waals surface area contributed by atoms with Crippen molar-refractivity contribution in [2.45, 2.75) is 13.8 Å². The first-order valence-electron chi connectivity index (χ1n) is 6.15. The van der Waals surface area contributed by atoms with Gasteiger partial charge < -0.3 is 4.98 Å². The maximum absolute atomic E-state index is 13.5. The van der Waals surface area contributed by atoms with E-state index < -0.39 is 5.82 Å². The minimum Gasteiger partial charge on any atom is -0.330 e. The zero-order valence-electron chi connectivity index (χ0n) is 11.0. The fourth-order valence-electron chi connectivity index (χ4n) is 2.30. The van der Waals surface area contributed by atoms with Gasteiger partial charge in [0.25, 0.3) is 0 Å². The topological polar surface area (TPSA) is 20.7 Å². The number of aryl methyl sites for hydroxylation is 2. The summed E-state index contributed by atoms with van der Waals surface area (Å²) in [7, 11) is 0. The standard InChI is InChI=1S/C15H12ClFN2S/c1-8-3-4-9(2)13(5-8)19-14-6-10(16)11(17)7-12(14)18-15(19)20/h3-7H,1-2H3,(H,18,20). The van der Waals surface area contributed by atoms with Crippen LogP contribution in [0.2, 0.25) is 5.02 Å². The number of imidazole rings is 1. The molecule has 0 unspecified atom stereocenters. The number of aromatic amines is 1. The lowest BCUT2D eigenvalue weighted by Gasteiger charge is -2.09. The first-order valence-corrected chi connectivity index (χ1v) is 6.93. The van der Waals surface area contributed by atoms with E-state index in [2.05, 4.69) is 11.1 Å². The Hall–Kier alpha value is -1.65. The van der Waals surface area contributed by atoms with E-state index in [0.29, 0.717) is 10.3 Å². The summed E-state index contributed by atoms with van der Waals surface area (Å²) >= 11 is 11.3. The number of fused-ring (bicyclic) bond motifs is 1. The Labute approximate surface area is 125 Å². The highest BCUT2D eigenvalue weighted by Gasteiger charge is 2.12. The number of nitrogens with zero attached hydrogens (tertiary/aromatic N) is 1. The average Bonchev–Trinajstić information content (AvgIpc) is 2.69. The second kappa shape index (κ2) is 4.72. The molecule has 1 N–H and O–H groups in total.